The molecule has 2 rings (SSSR count). The maximum atomic E-state index is 12.1. The minimum Gasteiger partial charge on any atom is -0.494 e. The molecule has 0 spiro atoms. The molecule has 162 valence electrons. The van der Waals surface area contributed by atoms with Gasteiger partial charge in [-0.25, -0.2) is 4.79 Å². The van der Waals surface area contributed by atoms with Gasteiger partial charge in [-0.1, -0.05) is 12.1 Å². The number of carbonyl (C=O) groups is 3. The van der Waals surface area contributed by atoms with Gasteiger partial charge in [0.25, 0.3) is 0 Å². The van der Waals surface area contributed by atoms with Crippen molar-refractivity contribution in [3.05, 3.63) is 51.7 Å². The third-order valence-electron chi connectivity index (χ3n) is 4.39. The Morgan fingerprint density at radius 2 is 1.80 bits per heavy atom. The van der Waals surface area contributed by atoms with Crippen LogP contribution in [0.15, 0.2) is 36.4 Å². The molecule has 0 bridgehead atoms. The number of hydrogen-bond donors (Lipinski definition) is 1. The molecule has 2 aromatic rings. The summed E-state index contributed by atoms with van der Waals surface area (Å²) < 4.78 is 10.8. The van der Waals surface area contributed by atoms with E-state index in [2.05, 4.69) is 5.32 Å². The Labute approximate surface area is 181 Å². The summed E-state index contributed by atoms with van der Waals surface area (Å²) in [5.41, 5.74) is 0.894. The Bertz CT molecular complexity index is 844. The molecule has 0 radical (unpaired) electrons. The molecule has 6 nitrogen and oxygen atoms in total. The predicted octanol–water partition coefficient (Wildman–Crippen LogP) is 4.10. The summed E-state index contributed by atoms with van der Waals surface area (Å²) in [6.07, 6.45) is 2.46. The van der Waals surface area contributed by atoms with Crippen LogP contribution in [0.3, 0.4) is 0 Å². The molecule has 0 saturated carbocycles. The third-order valence-corrected chi connectivity index (χ3v) is 5.44. The highest BCUT2D eigenvalue weighted by Gasteiger charge is 2.21. The Hall–Kier alpha value is -2.67. The Balaban J connectivity index is 1.74. The van der Waals surface area contributed by atoms with Gasteiger partial charge in [0.05, 0.1) is 18.1 Å². The number of amides is 1. The maximum Gasteiger partial charge on any atom is 0.328 e. The van der Waals surface area contributed by atoms with E-state index in [0.717, 1.165) is 33.9 Å². The third kappa shape index (κ3) is 7.99. The van der Waals surface area contributed by atoms with Crippen LogP contribution < -0.4 is 10.1 Å². The molecule has 0 unspecified atom stereocenters. The molecule has 1 atom stereocenters. The van der Waals surface area contributed by atoms with Gasteiger partial charge in [-0.05, 0) is 56.5 Å². The average Bonchev–Trinajstić information content (AvgIpc) is 3.14. The highest BCUT2D eigenvalue weighted by atomic mass is 32.1. The van der Waals surface area contributed by atoms with E-state index in [1.165, 1.54) is 18.3 Å². The molecule has 0 aliphatic carbocycles. The molecular weight excluding hydrogens is 402 g/mol. The second kappa shape index (κ2) is 12.1. The lowest BCUT2D eigenvalue weighted by molar-refractivity contribution is -0.147. The molecule has 0 aliphatic heterocycles. The molecule has 0 fully saturated rings. The molecule has 1 heterocycles. The zero-order chi connectivity index (χ0) is 21.9. The number of hydrogen-bond acceptors (Lipinski definition) is 6. The van der Waals surface area contributed by atoms with Crippen molar-refractivity contribution >= 4 is 29.0 Å². The van der Waals surface area contributed by atoms with Gasteiger partial charge in [-0.15, -0.1) is 11.3 Å². The Morgan fingerprint density at radius 1 is 1.07 bits per heavy atom. The lowest BCUT2D eigenvalue weighted by Gasteiger charge is -2.16. The van der Waals surface area contributed by atoms with E-state index < -0.39 is 12.0 Å². The van der Waals surface area contributed by atoms with E-state index in [1.807, 2.05) is 43.3 Å². The van der Waals surface area contributed by atoms with Crippen molar-refractivity contribution in [2.75, 3.05) is 13.2 Å². The van der Waals surface area contributed by atoms with Crippen molar-refractivity contribution in [3.63, 3.8) is 0 Å². The largest absolute Gasteiger partial charge is 0.494 e. The first-order valence-electron chi connectivity index (χ1n) is 10.1. The summed E-state index contributed by atoms with van der Waals surface area (Å²) in [4.78, 5) is 37.4. The fourth-order valence-corrected chi connectivity index (χ4v) is 3.76. The molecular formula is C23H29NO5S. The van der Waals surface area contributed by atoms with Crippen LogP contribution in [0.2, 0.25) is 0 Å². The zero-order valence-corrected chi connectivity index (χ0v) is 18.6. The minimum absolute atomic E-state index is 0.188. The van der Waals surface area contributed by atoms with Gasteiger partial charge in [0.1, 0.15) is 11.8 Å². The van der Waals surface area contributed by atoms with E-state index in [4.69, 9.17) is 9.47 Å². The number of unbranched alkanes of at least 4 members (excludes halogenated alkanes) is 1. The van der Waals surface area contributed by atoms with Crippen LogP contribution in [0.4, 0.5) is 0 Å². The summed E-state index contributed by atoms with van der Waals surface area (Å²) in [7, 11) is 0. The van der Waals surface area contributed by atoms with Gasteiger partial charge >= 0.3 is 5.97 Å². The van der Waals surface area contributed by atoms with Crippen molar-refractivity contribution in [1.29, 1.82) is 0 Å². The van der Waals surface area contributed by atoms with Gasteiger partial charge in [-0.2, -0.15) is 0 Å². The van der Waals surface area contributed by atoms with Crippen LogP contribution in [0.1, 0.15) is 53.2 Å². The maximum absolute atomic E-state index is 12.1. The van der Waals surface area contributed by atoms with E-state index in [1.54, 1.807) is 6.92 Å². The van der Waals surface area contributed by atoms with Crippen molar-refractivity contribution in [1.82, 2.24) is 5.32 Å². The first kappa shape index (κ1) is 23.6. The Kier molecular flexibility index (Phi) is 9.54. The number of ketones is 1. The molecule has 1 N–H and O–H groups in total. The highest BCUT2D eigenvalue weighted by molar-refractivity contribution is 7.14. The summed E-state index contributed by atoms with van der Waals surface area (Å²) in [6.45, 7) is 5.90. The van der Waals surface area contributed by atoms with E-state index in [-0.39, 0.29) is 18.3 Å². The molecule has 0 saturated heterocycles. The van der Waals surface area contributed by atoms with E-state index in [0.29, 0.717) is 19.4 Å². The Morgan fingerprint density at radius 3 is 2.40 bits per heavy atom. The van der Waals surface area contributed by atoms with Gasteiger partial charge in [0, 0.05) is 24.6 Å². The lowest BCUT2D eigenvalue weighted by atomic mass is 10.1. The van der Waals surface area contributed by atoms with Crippen LogP contribution >= 0.6 is 11.3 Å². The van der Waals surface area contributed by atoms with E-state index >= 15 is 0 Å². The number of nitrogens with one attached hydrogen (secondary N) is 1. The molecule has 1 aromatic carbocycles. The summed E-state index contributed by atoms with van der Waals surface area (Å²) in [5.74, 6) is 0.194. The quantitative estimate of drug-likeness (QED) is 0.311. The van der Waals surface area contributed by atoms with Crippen LogP contribution in [0.25, 0.3) is 0 Å². The molecule has 0 aliphatic rings. The minimum atomic E-state index is -0.709. The molecule has 7 heteroatoms. The van der Waals surface area contributed by atoms with Crippen molar-refractivity contribution in [2.24, 2.45) is 0 Å². The van der Waals surface area contributed by atoms with Gasteiger partial charge < -0.3 is 14.8 Å². The zero-order valence-electron chi connectivity index (χ0n) is 17.7. The number of carbonyl (C=O) groups excluding carboxylic acids is 3. The van der Waals surface area contributed by atoms with E-state index in [9.17, 15) is 14.4 Å². The average molecular weight is 432 g/mol. The van der Waals surface area contributed by atoms with Gasteiger partial charge in [0.15, 0.2) is 5.78 Å². The monoisotopic (exact) mass is 431 g/mol. The molecule has 30 heavy (non-hydrogen) atoms. The second-order valence-electron chi connectivity index (χ2n) is 6.99. The van der Waals surface area contributed by atoms with Gasteiger partial charge in [0.2, 0.25) is 5.91 Å². The molecule has 1 aromatic heterocycles. The fraction of sp³-hybridized carbons (Fsp3) is 0.435. The number of rotatable bonds is 12. The van der Waals surface area contributed by atoms with Crippen LogP contribution in [0.5, 0.6) is 5.75 Å². The highest BCUT2D eigenvalue weighted by Crippen LogP contribution is 2.18. The summed E-state index contributed by atoms with van der Waals surface area (Å²) in [5, 5.41) is 2.63. The number of esters is 1. The number of Topliss-reactive ketones (excluding diaryl/α,β-unsaturated/α-hetero) is 1. The standard InChI is InChI=1S/C23H29NO5S/c1-4-28-23(27)20(24-17(3)25)15-18-9-11-19(12-10-18)29-14-6-5-7-21(26)22-13-8-16(2)30-22/h8-13,20H,4-7,14-15H2,1-3H3,(H,24,25)/t20-/m0/s1. The predicted molar refractivity (Wildman–Crippen MR) is 117 cm³/mol. The smallest absolute Gasteiger partial charge is 0.328 e. The van der Waals surface area contributed by atoms with Crippen LogP contribution in [-0.4, -0.2) is 36.9 Å². The fourth-order valence-electron chi connectivity index (χ4n) is 2.92. The van der Waals surface area contributed by atoms with Gasteiger partial charge in [-0.3, -0.25) is 9.59 Å². The summed E-state index contributed by atoms with van der Waals surface area (Å²) >= 11 is 1.54. The summed E-state index contributed by atoms with van der Waals surface area (Å²) in [6, 6.07) is 10.6. The number of ether oxygens (including phenoxy) is 2. The topological polar surface area (TPSA) is 81.7 Å². The SMILES string of the molecule is CCOC(=O)[C@H](Cc1ccc(OCCCCC(=O)c2ccc(C)s2)cc1)NC(C)=O. The lowest BCUT2D eigenvalue weighted by Crippen LogP contribution is -2.42. The number of benzene rings is 1. The normalized spacial score (nSPS) is 11.6. The first-order valence-corrected chi connectivity index (χ1v) is 11.0. The second-order valence-corrected chi connectivity index (χ2v) is 8.28. The first-order chi connectivity index (χ1) is 14.4. The molecule has 1 amide bonds. The van der Waals surface area contributed by atoms with Crippen molar-refractivity contribution in [3.8, 4) is 5.75 Å². The van der Waals surface area contributed by atoms with Crippen molar-refractivity contribution < 1.29 is 23.9 Å². The number of thiophene rings is 1. The van der Waals surface area contributed by atoms with Crippen molar-refractivity contribution in [2.45, 2.75) is 52.5 Å². The number of aryl methyl sites for hydroxylation is 1. The van der Waals surface area contributed by atoms with Crippen LogP contribution in [0, 0.1) is 6.92 Å². The van der Waals surface area contributed by atoms with Crippen LogP contribution in [-0.2, 0) is 20.7 Å².